The summed E-state index contributed by atoms with van der Waals surface area (Å²) in [4.78, 5) is 8.19. The third-order valence-corrected chi connectivity index (χ3v) is 5.63. The molecule has 2 saturated carbocycles. The summed E-state index contributed by atoms with van der Waals surface area (Å²) in [6, 6.07) is 9.90. The molecule has 0 radical (unpaired) electrons. The first-order valence-corrected chi connectivity index (χ1v) is 10.4. The fraction of sp³-hybridized carbons (Fsp3) is 0.364. The van der Waals surface area contributed by atoms with Crippen molar-refractivity contribution in [3.63, 3.8) is 0 Å². The molecule has 9 heteroatoms. The van der Waals surface area contributed by atoms with Crippen LogP contribution in [-0.4, -0.2) is 38.4 Å². The molecule has 5 rings (SSSR count). The molecule has 1 aromatic carbocycles. The normalized spacial score (nSPS) is 20.3. The Kier molecular flexibility index (Phi) is 5.14. The Morgan fingerprint density at radius 3 is 2.45 bits per heavy atom. The van der Waals surface area contributed by atoms with Crippen LogP contribution in [0.1, 0.15) is 37.8 Å². The monoisotopic (exact) mass is 417 g/mol. The van der Waals surface area contributed by atoms with Crippen LogP contribution in [0, 0.1) is 11.3 Å². The van der Waals surface area contributed by atoms with Gasteiger partial charge in [0.05, 0.1) is 29.8 Å². The molecule has 2 fully saturated rings. The summed E-state index contributed by atoms with van der Waals surface area (Å²) in [5.74, 6) is 2.60. The topological polar surface area (TPSA) is 135 Å². The number of nitrogens with two attached hydrogens (primary N) is 1. The highest BCUT2D eigenvalue weighted by atomic mass is 16.5. The van der Waals surface area contributed by atoms with Crippen LogP contribution in [0.25, 0.3) is 11.3 Å². The van der Waals surface area contributed by atoms with E-state index in [1.807, 2.05) is 30.3 Å². The number of aromatic amines is 1. The highest BCUT2D eigenvalue weighted by molar-refractivity contribution is 5.76. The minimum atomic E-state index is 0.113. The molecule has 31 heavy (non-hydrogen) atoms. The fourth-order valence-corrected chi connectivity index (χ4v) is 3.62. The molecule has 9 nitrogen and oxygen atoms in total. The van der Waals surface area contributed by atoms with E-state index in [0.29, 0.717) is 11.6 Å². The third kappa shape index (κ3) is 4.15. The van der Waals surface area contributed by atoms with E-state index in [9.17, 15) is 0 Å². The largest absolute Gasteiger partial charge is 0.490 e. The van der Waals surface area contributed by atoms with Crippen LogP contribution < -0.4 is 20.5 Å². The zero-order valence-corrected chi connectivity index (χ0v) is 16.9. The molecule has 0 bridgehead atoms. The zero-order chi connectivity index (χ0) is 21.2. The van der Waals surface area contributed by atoms with Crippen molar-refractivity contribution in [1.82, 2.24) is 20.2 Å². The summed E-state index contributed by atoms with van der Waals surface area (Å²) in [6.07, 6.45) is 8.27. The van der Waals surface area contributed by atoms with Crippen molar-refractivity contribution in [3.05, 3.63) is 42.4 Å². The van der Waals surface area contributed by atoms with E-state index in [1.165, 1.54) is 18.8 Å². The minimum Gasteiger partial charge on any atom is -0.490 e. The van der Waals surface area contributed by atoms with Crippen molar-refractivity contribution in [2.24, 2.45) is 5.73 Å². The molecule has 0 unspecified atom stereocenters. The van der Waals surface area contributed by atoms with Crippen molar-refractivity contribution >= 4 is 11.6 Å². The molecular formula is C22H23N7O2. The molecule has 2 aromatic heterocycles. The minimum absolute atomic E-state index is 0.113. The van der Waals surface area contributed by atoms with Gasteiger partial charge in [0, 0.05) is 12.1 Å². The molecule has 0 saturated heterocycles. The standard InChI is InChI=1S/C22H23N7O2/c23-10-14-11-26-21(12-25-14)27-20-9-17(28-29-20)22-18(30-15-3-1-4-15)5-2-6-19(22)31-16-7-13(24)8-16/h2,5-6,9,11-13,15-16H,1,3-4,7-8,24H2,(H2,26,27,28,29). The Hall–Kier alpha value is -3.64. The highest BCUT2D eigenvalue weighted by Gasteiger charge is 2.30. The number of H-pyrrole nitrogens is 1. The Morgan fingerprint density at radius 2 is 1.84 bits per heavy atom. The number of nitriles is 1. The first-order valence-electron chi connectivity index (χ1n) is 10.4. The summed E-state index contributed by atoms with van der Waals surface area (Å²) in [7, 11) is 0. The van der Waals surface area contributed by atoms with Gasteiger partial charge in [-0.1, -0.05) is 6.07 Å². The lowest BCUT2D eigenvalue weighted by atomic mass is 9.90. The zero-order valence-electron chi connectivity index (χ0n) is 16.9. The van der Waals surface area contributed by atoms with E-state index in [1.54, 1.807) is 0 Å². The van der Waals surface area contributed by atoms with Crippen LogP contribution >= 0.6 is 0 Å². The van der Waals surface area contributed by atoms with Gasteiger partial charge >= 0.3 is 0 Å². The van der Waals surface area contributed by atoms with E-state index < -0.39 is 0 Å². The molecule has 158 valence electrons. The molecule has 4 N–H and O–H groups in total. The quantitative estimate of drug-likeness (QED) is 0.533. The van der Waals surface area contributed by atoms with Gasteiger partial charge in [0.2, 0.25) is 0 Å². The van der Waals surface area contributed by atoms with Crippen molar-refractivity contribution in [3.8, 4) is 28.8 Å². The number of rotatable bonds is 7. The molecule has 0 spiro atoms. The van der Waals surface area contributed by atoms with Crippen molar-refractivity contribution in [2.45, 2.75) is 50.4 Å². The van der Waals surface area contributed by atoms with Gasteiger partial charge in [0.25, 0.3) is 0 Å². The first-order chi connectivity index (χ1) is 15.2. The van der Waals surface area contributed by atoms with Crippen LogP contribution in [0.15, 0.2) is 36.7 Å². The summed E-state index contributed by atoms with van der Waals surface area (Å²) in [5.41, 5.74) is 7.81. The second-order valence-electron chi connectivity index (χ2n) is 7.96. The molecule has 3 aromatic rings. The van der Waals surface area contributed by atoms with Gasteiger partial charge in [-0.3, -0.25) is 5.10 Å². The van der Waals surface area contributed by atoms with Gasteiger partial charge in [0.15, 0.2) is 11.5 Å². The van der Waals surface area contributed by atoms with Gasteiger partial charge in [-0.05, 0) is 44.2 Å². The average Bonchev–Trinajstić information content (AvgIpc) is 3.18. The highest BCUT2D eigenvalue weighted by Crippen LogP contribution is 2.42. The molecule has 2 aliphatic rings. The Labute approximate surface area is 179 Å². The molecule has 0 atom stereocenters. The van der Waals surface area contributed by atoms with Gasteiger partial charge in [0.1, 0.15) is 29.5 Å². The molecular weight excluding hydrogens is 394 g/mol. The van der Waals surface area contributed by atoms with E-state index in [-0.39, 0.29) is 23.9 Å². The van der Waals surface area contributed by atoms with Gasteiger partial charge < -0.3 is 20.5 Å². The maximum atomic E-state index is 8.86. The van der Waals surface area contributed by atoms with Crippen LogP contribution in [0.4, 0.5) is 11.6 Å². The number of ether oxygens (including phenoxy) is 2. The van der Waals surface area contributed by atoms with Crippen LogP contribution in [0.5, 0.6) is 11.5 Å². The second-order valence-corrected chi connectivity index (χ2v) is 7.96. The summed E-state index contributed by atoms with van der Waals surface area (Å²) < 4.78 is 12.5. The predicted molar refractivity (Wildman–Crippen MR) is 114 cm³/mol. The summed E-state index contributed by atoms with van der Waals surface area (Å²) in [5, 5.41) is 19.4. The maximum absolute atomic E-state index is 8.86. The number of anilines is 2. The number of hydrogen-bond acceptors (Lipinski definition) is 8. The average molecular weight is 417 g/mol. The van der Waals surface area contributed by atoms with Crippen LogP contribution in [0.2, 0.25) is 0 Å². The number of hydrogen-bond donors (Lipinski definition) is 3. The summed E-state index contributed by atoms with van der Waals surface area (Å²) in [6.45, 7) is 0. The van der Waals surface area contributed by atoms with Crippen LogP contribution in [-0.2, 0) is 0 Å². The predicted octanol–water partition coefficient (Wildman–Crippen LogP) is 3.28. The Morgan fingerprint density at radius 1 is 1.06 bits per heavy atom. The molecule has 2 heterocycles. The number of benzene rings is 1. The van der Waals surface area contributed by atoms with E-state index in [0.717, 1.165) is 48.4 Å². The Bertz CT molecular complexity index is 1100. The lowest BCUT2D eigenvalue weighted by Crippen LogP contribution is -2.43. The van der Waals surface area contributed by atoms with E-state index >= 15 is 0 Å². The van der Waals surface area contributed by atoms with Gasteiger partial charge in [-0.25, -0.2) is 9.97 Å². The SMILES string of the molecule is N#Cc1cnc(Nc2cc(-c3c(OC4CCC4)cccc3OC3CC(N)C3)[nH]n2)cn1. The number of nitrogens with zero attached hydrogens (tertiary/aromatic N) is 4. The molecule has 0 amide bonds. The van der Waals surface area contributed by atoms with Crippen molar-refractivity contribution < 1.29 is 9.47 Å². The van der Waals surface area contributed by atoms with Crippen molar-refractivity contribution in [1.29, 1.82) is 5.26 Å². The van der Waals surface area contributed by atoms with E-state index in [4.69, 9.17) is 20.5 Å². The van der Waals surface area contributed by atoms with Gasteiger partial charge in [-0.15, -0.1) is 0 Å². The third-order valence-electron chi connectivity index (χ3n) is 5.63. The molecule has 2 aliphatic carbocycles. The second kappa shape index (κ2) is 8.24. The Balaban J connectivity index is 1.42. The lowest BCUT2D eigenvalue weighted by Gasteiger charge is -2.33. The molecule has 0 aliphatic heterocycles. The lowest BCUT2D eigenvalue weighted by molar-refractivity contribution is 0.0990. The van der Waals surface area contributed by atoms with E-state index in [2.05, 4.69) is 25.5 Å². The van der Waals surface area contributed by atoms with Gasteiger partial charge in [-0.2, -0.15) is 10.4 Å². The maximum Gasteiger partial charge on any atom is 0.158 e. The van der Waals surface area contributed by atoms with Crippen LogP contribution in [0.3, 0.4) is 0 Å². The first kappa shape index (κ1) is 19.3. The number of nitrogens with one attached hydrogen (secondary N) is 2. The fourth-order valence-electron chi connectivity index (χ4n) is 3.62. The smallest absolute Gasteiger partial charge is 0.158 e. The number of aromatic nitrogens is 4. The summed E-state index contributed by atoms with van der Waals surface area (Å²) >= 11 is 0. The van der Waals surface area contributed by atoms with Crippen molar-refractivity contribution in [2.75, 3.05) is 5.32 Å².